The van der Waals surface area contributed by atoms with Crippen molar-refractivity contribution in [2.45, 2.75) is 44.6 Å². The van der Waals surface area contributed by atoms with Gasteiger partial charge in [-0.05, 0) is 68.7 Å². The lowest BCUT2D eigenvalue weighted by atomic mass is 9.48. The van der Waals surface area contributed by atoms with Crippen molar-refractivity contribution >= 4 is 11.8 Å². The minimum absolute atomic E-state index is 0.642. The van der Waals surface area contributed by atoms with Crippen LogP contribution in [0.1, 0.15) is 38.5 Å². The highest BCUT2D eigenvalue weighted by molar-refractivity contribution is 7.99. The van der Waals surface area contributed by atoms with E-state index in [0.29, 0.717) is 5.41 Å². The van der Waals surface area contributed by atoms with Gasteiger partial charge in [0.2, 0.25) is 0 Å². The Kier molecular flexibility index (Phi) is 4.45. The molecule has 1 atom stereocenters. The summed E-state index contributed by atoms with van der Waals surface area (Å²) in [5, 5.41) is 3.67. The summed E-state index contributed by atoms with van der Waals surface area (Å²) in [6.45, 7) is 0.891. The monoisotopic (exact) mass is 283 g/mol. The summed E-state index contributed by atoms with van der Waals surface area (Å²) in [6, 6.07) is 0.725. The second-order valence-electron chi connectivity index (χ2n) is 7.19. The number of hydrogen-bond donors (Lipinski definition) is 1. The third-order valence-electron chi connectivity index (χ3n) is 5.89. The Balaban J connectivity index is 1.62. The standard InChI is InChI=1S/C16H29NOS/c1-17-15(11-19-4-3-18-2)16-8-12-5-13(9-16)7-14(6-12)10-16/h12-15,17H,3-11H2,1-2H3. The number of methoxy groups -OCH3 is 1. The van der Waals surface area contributed by atoms with Crippen LogP contribution < -0.4 is 5.32 Å². The molecule has 4 aliphatic carbocycles. The molecule has 0 aromatic carbocycles. The van der Waals surface area contributed by atoms with Gasteiger partial charge in [-0.3, -0.25) is 0 Å². The van der Waals surface area contributed by atoms with E-state index in [1.165, 1.54) is 25.0 Å². The number of hydrogen-bond acceptors (Lipinski definition) is 3. The van der Waals surface area contributed by atoms with Crippen molar-refractivity contribution in [1.29, 1.82) is 0 Å². The molecular weight excluding hydrogens is 254 g/mol. The molecule has 3 heteroatoms. The van der Waals surface area contributed by atoms with Crippen LogP contribution in [0.15, 0.2) is 0 Å². The molecule has 1 unspecified atom stereocenters. The zero-order valence-corrected chi connectivity index (χ0v) is 13.3. The molecule has 0 heterocycles. The summed E-state index contributed by atoms with van der Waals surface area (Å²) in [5.74, 6) is 5.59. The van der Waals surface area contributed by atoms with Gasteiger partial charge >= 0.3 is 0 Å². The van der Waals surface area contributed by atoms with Crippen molar-refractivity contribution in [3.8, 4) is 0 Å². The number of nitrogens with one attached hydrogen (secondary N) is 1. The van der Waals surface area contributed by atoms with E-state index in [0.717, 1.165) is 36.2 Å². The van der Waals surface area contributed by atoms with Crippen molar-refractivity contribution in [2.24, 2.45) is 23.2 Å². The third-order valence-corrected chi connectivity index (χ3v) is 6.91. The first-order valence-electron chi connectivity index (χ1n) is 7.99. The normalized spacial score (nSPS) is 41.7. The summed E-state index contributed by atoms with van der Waals surface area (Å²) in [7, 11) is 3.98. The molecule has 19 heavy (non-hydrogen) atoms. The van der Waals surface area contributed by atoms with Gasteiger partial charge in [-0.15, -0.1) is 0 Å². The van der Waals surface area contributed by atoms with Gasteiger partial charge in [0, 0.05) is 24.7 Å². The van der Waals surface area contributed by atoms with Crippen molar-refractivity contribution < 1.29 is 4.74 Å². The van der Waals surface area contributed by atoms with E-state index in [2.05, 4.69) is 24.1 Å². The predicted octanol–water partition coefficient (Wildman–Crippen LogP) is 3.17. The molecule has 4 aliphatic rings. The molecule has 0 radical (unpaired) electrons. The first-order valence-corrected chi connectivity index (χ1v) is 9.15. The zero-order chi connectivity index (χ0) is 13.3. The fourth-order valence-electron chi connectivity index (χ4n) is 5.51. The van der Waals surface area contributed by atoms with Crippen LogP contribution in [0.5, 0.6) is 0 Å². The summed E-state index contributed by atoms with van der Waals surface area (Å²) in [6.07, 6.45) is 9.17. The largest absolute Gasteiger partial charge is 0.384 e. The van der Waals surface area contributed by atoms with Gasteiger partial charge < -0.3 is 10.1 Å². The van der Waals surface area contributed by atoms with Crippen molar-refractivity contribution in [2.75, 3.05) is 32.3 Å². The zero-order valence-electron chi connectivity index (χ0n) is 12.5. The molecule has 4 fully saturated rings. The van der Waals surface area contributed by atoms with Crippen LogP contribution in [0.4, 0.5) is 0 Å². The van der Waals surface area contributed by atoms with Gasteiger partial charge in [-0.2, -0.15) is 11.8 Å². The van der Waals surface area contributed by atoms with Crippen molar-refractivity contribution in [1.82, 2.24) is 5.32 Å². The summed E-state index contributed by atoms with van der Waals surface area (Å²) >= 11 is 2.07. The molecular formula is C16H29NOS. The number of rotatable bonds is 7. The lowest BCUT2D eigenvalue weighted by Gasteiger charge is -2.59. The molecule has 1 N–H and O–H groups in total. The highest BCUT2D eigenvalue weighted by Gasteiger charge is 2.53. The average Bonchev–Trinajstić information content (AvgIpc) is 2.37. The third kappa shape index (κ3) is 2.84. The van der Waals surface area contributed by atoms with E-state index in [4.69, 9.17) is 4.74 Å². The van der Waals surface area contributed by atoms with E-state index in [1.807, 2.05) is 0 Å². The topological polar surface area (TPSA) is 21.3 Å². The predicted molar refractivity (Wildman–Crippen MR) is 82.7 cm³/mol. The average molecular weight is 283 g/mol. The van der Waals surface area contributed by atoms with Gasteiger partial charge in [0.1, 0.15) is 0 Å². The highest BCUT2D eigenvalue weighted by atomic mass is 32.2. The van der Waals surface area contributed by atoms with Crippen molar-refractivity contribution in [3.05, 3.63) is 0 Å². The smallest absolute Gasteiger partial charge is 0.0552 e. The summed E-state index contributed by atoms with van der Waals surface area (Å²) in [4.78, 5) is 0. The Hall–Kier alpha value is 0.270. The van der Waals surface area contributed by atoms with E-state index >= 15 is 0 Å². The van der Waals surface area contributed by atoms with Crippen LogP contribution in [0.25, 0.3) is 0 Å². The van der Waals surface area contributed by atoms with Gasteiger partial charge in [-0.25, -0.2) is 0 Å². The Morgan fingerprint density at radius 3 is 2.21 bits per heavy atom. The van der Waals surface area contributed by atoms with E-state index < -0.39 is 0 Å². The molecule has 110 valence electrons. The summed E-state index contributed by atoms with van der Waals surface area (Å²) in [5.41, 5.74) is 0.642. The summed E-state index contributed by atoms with van der Waals surface area (Å²) < 4.78 is 5.17. The Bertz CT molecular complexity index is 272. The minimum Gasteiger partial charge on any atom is -0.384 e. The quantitative estimate of drug-likeness (QED) is 0.725. The fourth-order valence-corrected chi connectivity index (χ4v) is 6.72. The molecule has 0 aliphatic heterocycles. The van der Waals surface area contributed by atoms with Gasteiger partial charge in [0.25, 0.3) is 0 Å². The second-order valence-corrected chi connectivity index (χ2v) is 8.34. The molecule has 0 saturated heterocycles. The number of ether oxygens (including phenoxy) is 1. The van der Waals surface area contributed by atoms with Crippen molar-refractivity contribution in [3.63, 3.8) is 0 Å². The van der Waals surface area contributed by atoms with Crippen LogP contribution in [0, 0.1) is 23.2 Å². The maximum Gasteiger partial charge on any atom is 0.0552 e. The van der Waals surface area contributed by atoms with Crippen LogP contribution in [0.3, 0.4) is 0 Å². The second kappa shape index (κ2) is 5.95. The highest BCUT2D eigenvalue weighted by Crippen LogP contribution is 2.61. The van der Waals surface area contributed by atoms with E-state index in [-0.39, 0.29) is 0 Å². The molecule has 4 bridgehead atoms. The van der Waals surface area contributed by atoms with Gasteiger partial charge in [0.15, 0.2) is 0 Å². The molecule has 0 spiro atoms. The Labute approximate surface area is 122 Å². The molecule has 4 rings (SSSR count). The first kappa shape index (κ1) is 14.2. The maximum absolute atomic E-state index is 5.17. The van der Waals surface area contributed by atoms with Crippen LogP contribution in [0.2, 0.25) is 0 Å². The molecule has 0 amide bonds. The van der Waals surface area contributed by atoms with Crippen LogP contribution in [-0.4, -0.2) is 38.3 Å². The molecule has 4 saturated carbocycles. The number of thioether (sulfide) groups is 1. The van der Waals surface area contributed by atoms with Gasteiger partial charge in [0.05, 0.1) is 6.61 Å². The molecule has 0 aromatic rings. The van der Waals surface area contributed by atoms with E-state index in [9.17, 15) is 0 Å². The molecule has 2 nitrogen and oxygen atoms in total. The minimum atomic E-state index is 0.642. The fraction of sp³-hybridized carbons (Fsp3) is 1.00. The van der Waals surface area contributed by atoms with Crippen LogP contribution >= 0.6 is 11.8 Å². The molecule has 0 aromatic heterocycles. The first-order chi connectivity index (χ1) is 9.25. The maximum atomic E-state index is 5.17. The Morgan fingerprint density at radius 2 is 1.74 bits per heavy atom. The van der Waals surface area contributed by atoms with Gasteiger partial charge in [-0.1, -0.05) is 0 Å². The SMILES string of the molecule is CNC(CSCCOC)C12CC3CC(CC(C3)C1)C2. The van der Waals surface area contributed by atoms with E-state index in [1.54, 1.807) is 26.4 Å². The lowest BCUT2D eigenvalue weighted by Crippen LogP contribution is -2.56. The Morgan fingerprint density at radius 1 is 1.16 bits per heavy atom. The lowest BCUT2D eigenvalue weighted by molar-refractivity contribution is -0.0682. The van der Waals surface area contributed by atoms with Crippen LogP contribution in [-0.2, 0) is 4.74 Å².